The van der Waals surface area contributed by atoms with E-state index >= 15 is 0 Å². The molecule has 0 aromatic heterocycles. The van der Waals surface area contributed by atoms with E-state index in [4.69, 9.17) is 5.73 Å². The Balaban J connectivity index is 2.23. The van der Waals surface area contributed by atoms with Crippen molar-refractivity contribution in [2.24, 2.45) is 17.1 Å². The van der Waals surface area contributed by atoms with Crippen LogP contribution in [0.3, 0.4) is 0 Å². The first kappa shape index (κ1) is 10.7. The highest BCUT2D eigenvalue weighted by Gasteiger charge is 2.49. The molecule has 1 aliphatic rings. The largest absolute Gasteiger partial charge is 0.324 e. The number of rotatable bonds is 2. The van der Waals surface area contributed by atoms with Gasteiger partial charge >= 0.3 is 0 Å². The van der Waals surface area contributed by atoms with Crippen LogP contribution < -0.4 is 5.73 Å². The molecule has 1 heteroatoms. The lowest BCUT2D eigenvalue weighted by Crippen LogP contribution is -2.15. The minimum atomic E-state index is 0.221. The summed E-state index contributed by atoms with van der Waals surface area (Å²) < 4.78 is 0. The number of hydrogen-bond donors (Lipinski definition) is 1. The molecular weight excluding hydrogens is 182 g/mol. The molecule has 1 saturated carbocycles. The van der Waals surface area contributed by atoms with Crippen LogP contribution in [-0.4, -0.2) is 0 Å². The Labute approximate surface area is 92.7 Å². The predicted molar refractivity (Wildman–Crippen MR) is 64.7 cm³/mol. The summed E-state index contributed by atoms with van der Waals surface area (Å²) in [6.07, 6.45) is 1.27. The van der Waals surface area contributed by atoms with Crippen molar-refractivity contribution >= 4 is 0 Å². The maximum atomic E-state index is 6.31. The Bertz CT molecular complexity index is 359. The molecule has 1 nitrogen and oxygen atoms in total. The topological polar surface area (TPSA) is 26.0 Å². The van der Waals surface area contributed by atoms with E-state index in [1.165, 1.54) is 23.1 Å². The summed E-state index contributed by atoms with van der Waals surface area (Å²) in [4.78, 5) is 0. The van der Waals surface area contributed by atoms with Gasteiger partial charge in [0.15, 0.2) is 0 Å². The molecule has 0 saturated heterocycles. The summed E-state index contributed by atoms with van der Waals surface area (Å²) in [6, 6.07) is 6.88. The minimum absolute atomic E-state index is 0.221. The average molecular weight is 203 g/mol. The molecule has 0 heterocycles. The van der Waals surface area contributed by atoms with Crippen molar-refractivity contribution in [3.05, 3.63) is 34.9 Å². The van der Waals surface area contributed by atoms with Crippen molar-refractivity contribution in [1.29, 1.82) is 0 Å². The number of aryl methyl sites for hydroxylation is 2. The van der Waals surface area contributed by atoms with E-state index in [1.807, 2.05) is 0 Å². The zero-order valence-electron chi connectivity index (χ0n) is 10.2. The van der Waals surface area contributed by atoms with Crippen LogP contribution in [-0.2, 0) is 0 Å². The summed E-state index contributed by atoms with van der Waals surface area (Å²) in [7, 11) is 0. The SMILES string of the molecule is Cc1cc(C)cc(C(N)C2CC2(C)C)c1. The van der Waals surface area contributed by atoms with E-state index in [9.17, 15) is 0 Å². The van der Waals surface area contributed by atoms with Crippen LogP contribution in [0.4, 0.5) is 0 Å². The van der Waals surface area contributed by atoms with Gasteiger partial charge in [-0.25, -0.2) is 0 Å². The van der Waals surface area contributed by atoms with Crippen molar-refractivity contribution < 1.29 is 0 Å². The van der Waals surface area contributed by atoms with Gasteiger partial charge in [-0.2, -0.15) is 0 Å². The van der Waals surface area contributed by atoms with Gasteiger partial charge in [-0.1, -0.05) is 43.2 Å². The van der Waals surface area contributed by atoms with Crippen LogP contribution in [0.15, 0.2) is 18.2 Å². The van der Waals surface area contributed by atoms with Gasteiger partial charge in [0.25, 0.3) is 0 Å². The highest BCUT2D eigenvalue weighted by atomic mass is 14.7. The van der Waals surface area contributed by atoms with Gasteiger partial charge in [-0.3, -0.25) is 0 Å². The zero-order valence-corrected chi connectivity index (χ0v) is 10.2. The molecule has 0 spiro atoms. The van der Waals surface area contributed by atoms with E-state index in [2.05, 4.69) is 45.9 Å². The number of nitrogens with two attached hydrogens (primary N) is 1. The summed E-state index contributed by atoms with van der Waals surface area (Å²) in [6.45, 7) is 8.89. The van der Waals surface area contributed by atoms with Gasteiger partial charge < -0.3 is 5.73 Å². The average Bonchev–Trinajstić information content (AvgIpc) is 2.72. The number of hydrogen-bond acceptors (Lipinski definition) is 1. The molecule has 2 N–H and O–H groups in total. The van der Waals surface area contributed by atoms with Crippen LogP contribution >= 0.6 is 0 Å². The lowest BCUT2D eigenvalue weighted by Gasteiger charge is -2.15. The van der Waals surface area contributed by atoms with Gasteiger partial charge in [0, 0.05) is 6.04 Å². The van der Waals surface area contributed by atoms with E-state index < -0.39 is 0 Å². The quantitative estimate of drug-likeness (QED) is 0.783. The first-order valence-electron chi connectivity index (χ1n) is 5.74. The third kappa shape index (κ3) is 2.07. The predicted octanol–water partition coefficient (Wildman–Crippen LogP) is 3.35. The highest BCUT2D eigenvalue weighted by Crippen LogP contribution is 2.56. The molecule has 82 valence electrons. The molecule has 0 aliphatic heterocycles. The van der Waals surface area contributed by atoms with Crippen molar-refractivity contribution in [3.63, 3.8) is 0 Å². The molecule has 2 atom stereocenters. The van der Waals surface area contributed by atoms with Gasteiger partial charge in [0.2, 0.25) is 0 Å². The maximum Gasteiger partial charge on any atom is 0.0329 e. The Hall–Kier alpha value is -0.820. The second-order valence-electron chi connectivity index (χ2n) is 5.75. The Morgan fingerprint density at radius 1 is 1.20 bits per heavy atom. The third-order valence-electron chi connectivity index (χ3n) is 3.65. The molecule has 1 aromatic carbocycles. The van der Waals surface area contributed by atoms with Crippen LogP contribution in [0.5, 0.6) is 0 Å². The minimum Gasteiger partial charge on any atom is -0.324 e. The molecule has 1 fully saturated rings. The Morgan fingerprint density at radius 2 is 1.67 bits per heavy atom. The second kappa shape index (κ2) is 3.34. The van der Waals surface area contributed by atoms with Gasteiger partial charge in [-0.15, -0.1) is 0 Å². The van der Waals surface area contributed by atoms with Crippen molar-refractivity contribution in [2.75, 3.05) is 0 Å². The molecule has 1 aromatic rings. The highest BCUT2D eigenvalue weighted by molar-refractivity contribution is 5.32. The fraction of sp³-hybridized carbons (Fsp3) is 0.571. The molecule has 0 radical (unpaired) electrons. The van der Waals surface area contributed by atoms with Gasteiger partial charge in [0.05, 0.1) is 0 Å². The molecule has 15 heavy (non-hydrogen) atoms. The first-order chi connectivity index (χ1) is 6.90. The van der Waals surface area contributed by atoms with E-state index in [-0.39, 0.29) is 6.04 Å². The van der Waals surface area contributed by atoms with E-state index in [0.29, 0.717) is 11.3 Å². The first-order valence-corrected chi connectivity index (χ1v) is 5.74. The molecule has 0 bridgehead atoms. The normalized spacial score (nSPS) is 25.0. The van der Waals surface area contributed by atoms with E-state index in [1.54, 1.807) is 0 Å². The summed E-state index contributed by atoms with van der Waals surface area (Å²) >= 11 is 0. The fourth-order valence-electron chi connectivity index (χ4n) is 2.56. The summed E-state index contributed by atoms with van der Waals surface area (Å²) in [5, 5.41) is 0. The fourth-order valence-corrected chi connectivity index (χ4v) is 2.56. The van der Waals surface area contributed by atoms with Crippen LogP contribution in [0.2, 0.25) is 0 Å². The van der Waals surface area contributed by atoms with Crippen molar-refractivity contribution in [1.82, 2.24) is 0 Å². The molecule has 1 aliphatic carbocycles. The Morgan fingerprint density at radius 3 is 2.07 bits per heavy atom. The van der Waals surface area contributed by atoms with Crippen LogP contribution in [0.1, 0.15) is 43.0 Å². The lowest BCUT2D eigenvalue weighted by molar-refractivity contribution is 0.491. The lowest BCUT2D eigenvalue weighted by atomic mass is 9.95. The third-order valence-corrected chi connectivity index (χ3v) is 3.65. The van der Waals surface area contributed by atoms with Crippen molar-refractivity contribution in [3.8, 4) is 0 Å². The van der Waals surface area contributed by atoms with Crippen LogP contribution in [0, 0.1) is 25.2 Å². The molecular formula is C14H21N. The second-order valence-corrected chi connectivity index (χ2v) is 5.75. The molecule has 2 unspecified atom stereocenters. The van der Waals surface area contributed by atoms with Gasteiger partial charge in [-0.05, 0) is 37.2 Å². The molecule has 2 rings (SSSR count). The van der Waals surface area contributed by atoms with Crippen molar-refractivity contribution in [2.45, 2.75) is 40.2 Å². The summed E-state index contributed by atoms with van der Waals surface area (Å²) in [5.74, 6) is 0.665. The van der Waals surface area contributed by atoms with Gasteiger partial charge in [0.1, 0.15) is 0 Å². The monoisotopic (exact) mass is 203 g/mol. The maximum absolute atomic E-state index is 6.31. The van der Waals surface area contributed by atoms with Crippen LogP contribution in [0.25, 0.3) is 0 Å². The summed E-state index contributed by atoms with van der Waals surface area (Å²) in [5.41, 5.74) is 10.7. The molecule has 0 amide bonds. The standard InChI is InChI=1S/C14H21N/c1-9-5-10(2)7-11(6-9)13(15)12-8-14(12,3)4/h5-7,12-13H,8,15H2,1-4H3. The van der Waals surface area contributed by atoms with E-state index in [0.717, 1.165) is 0 Å². The number of benzene rings is 1. The Kier molecular flexibility index (Phi) is 2.38. The zero-order chi connectivity index (χ0) is 11.2. The smallest absolute Gasteiger partial charge is 0.0329 e.